The van der Waals surface area contributed by atoms with Crippen LogP contribution in [0.25, 0.3) is 0 Å². The summed E-state index contributed by atoms with van der Waals surface area (Å²) in [4.78, 5) is 47.1. The molecule has 4 atom stereocenters. The van der Waals surface area contributed by atoms with E-state index in [4.69, 9.17) is 10.8 Å². The van der Waals surface area contributed by atoms with Crippen molar-refractivity contribution in [2.45, 2.75) is 30.6 Å². The lowest BCUT2D eigenvalue weighted by Crippen LogP contribution is -2.59. The van der Waals surface area contributed by atoms with Crippen molar-refractivity contribution in [2.24, 2.45) is 5.73 Å². The molecule has 0 rings (SSSR count). The molecule has 0 radical (unpaired) electrons. The zero-order valence-electron chi connectivity index (χ0n) is 14.8. The van der Waals surface area contributed by atoms with Crippen LogP contribution in [-0.2, 0) is 19.2 Å². The van der Waals surface area contributed by atoms with Crippen LogP contribution in [0.4, 0.5) is 0 Å². The number of hydrogen-bond donors (Lipinski definition) is 8. The van der Waals surface area contributed by atoms with Crippen molar-refractivity contribution in [3.63, 3.8) is 0 Å². The van der Waals surface area contributed by atoms with Gasteiger partial charge < -0.3 is 37.0 Å². The van der Waals surface area contributed by atoms with E-state index in [1.165, 1.54) is 11.8 Å². The molecule has 156 valence electrons. The predicted octanol–water partition coefficient (Wildman–Crippen LogP) is -3.48. The molecule has 4 unspecified atom stereocenters. The Balaban J connectivity index is 4.90. The quantitative estimate of drug-likeness (QED) is 0.138. The number of aliphatic hydroxyl groups is 2. The molecule has 11 nitrogen and oxygen atoms in total. The molecular formula is C14H26N4O7S2. The monoisotopic (exact) mass is 426 g/mol. The highest BCUT2D eigenvalue weighted by molar-refractivity contribution is 7.98. The number of carboxylic acids is 1. The van der Waals surface area contributed by atoms with Crippen molar-refractivity contribution >= 4 is 48.1 Å². The number of rotatable bonds is 13. The van der Waals surface area contributed by atoms with Crippen molar-refractivity contribution < 1.29 is 34.5 Å². The van der Waals surface area contributed by atoms with E-state index < -0.39 is 61.1 Å². The summed E-state index contributed by atoms with van der Waals surface area (Å²) in [6.07, 6.45) is 1.94. The fraction of sp³-hybridized carbons (Fsp3) is 0.714. The number of aliphatic carboxylic acids is 1. The molecule has 0 spiro atoms. The van der Waals surface area contributed by atoms with Crippen molar-refractivity contribution in [1.29, 1.82) is 0 Å². The lowest BCUT2D eigenvalue weighted by atomic mass is 10.2. The Morgan fingerprint density at radius 2 is 1.41 bits per heavy atom. The van der Waals surface area contributed by atoms with E-state index >= 15 is 0 Å². The second-order valence-corrected chi connectivity index (χ2v) is 6.81. The smallest absolute Gasteiger partial charge is 0.326 e. The molecule has 0 heterocycles. The third kappa shape index (κ3) is 9.28. The van der Waals surface area contributed by atoms with Crippen molar-refractivity contribution in [3.05, 3.63) is 0 Å². The Bertz CT molecular complexity index is 524. The molecule has 8 N–H and O–H groups in total. The summed E-state index contributed by atoms with van der Waals surface area (Å²) >= 11 is 5.24. The van der Waals surface area contributed by atoms with Crippen molar-refractivity contribution in [3.8, 4) is 0 Å². The first-order valence-corrected chi connectivity index (χ1v) is 9.95. The van der Waals surface area contributed by atoms with Gasteiger partial charge in [0.05, 0.1) is 19.3 Å². The van der Waals surface area contributed by atoms with Gasteiger partial charge in [-0.2, -0.15) is 24.4 Å². The van der Waals surface area contributed by atoms with E-state index in [0.717, 1.165) is 0 Å². The standard InChI is InChI=1S/C14H26N4O7S2/c1-27-3-2-8(14(24)25)16-12(22)10(5-20)18-13(23)9(4-19)17-11(21)7(15)6-26/h7-10,19-20,26H,2-6,15H2,1H3,(H,16,22)(H,17,21)(H,18,23)(H,24,25). The van der Waals surface area contributed by atoms with Crippen LogP contribution in [0.5, 0.6) is 0 Å². The van der Waals surface area contributed by atoms with Gasteiger partial charge >= 0.3 is 5.97 Å². The van der Waals surface area contributed by atoms with E-state index in [1.54, 1.807) is 6.26 Å². The van der Waals surface area contributed by atoms with Crippen LogP contribution in [0.3, 0.4) is 0 Å². The number of thiol groups is 1. The topological polar surface area (TPSA) is 191 Å². The summed E-state index contributed by atoms with van der Waals surface area (Å²) in [5, 5.41) is 34.3. The summed E-state index contributed by atoms with van der Waals surface area (Å²) in [5.41, 5.74) is 5.46. The Labute approximate surface area is 166 Å². The highest BCUT2D eigenvalue weighted by Gasteiger charge is 2.29. The molecule has 0 saturated heterocycles. The molecule has 0 aromatic carbocycles. The fourth-order valence-electron chi connectivity index (χ4n) is 1.79. The van der Waals surface area contributed by atoms with E-state index in [9.17, 15) is 29.4 Å². The summed E-state index contributed by atoms with van der Waals surface area (Å²) in [7, 11) is 0. The van der Waals surface area contributed by atoms with Crippen LogP contribution in [0.2, 0.25) is 0 Å². The first-order valence-electron chi connectivity index (χ1n) is 7.92. The fourth-order valence-corrected chi connectivity index (χ4v) is 2.42. The number of nitrogens with one attached hydrogen (secondary N) is 3. The molecule has 0 aliphatic heterocycles. The summed E-state index contributed by atoms with van der Waals surface area (Å²) < 4.78 is 0. The van der Waals surface area contributed by atoms with Gasteiger partial charge in [-0.3, -0.25) is 14.4 Å². The molecule has 13 heteroatoms. The molecule has 0 aliphatic carbocycles. The average molecular weight is 427 g/mol. The molecule has 3 amide bonds. The number of amides is 3. The molecule has 27 heavy (non-hydrogen) atoms. The van der Waals surface area contributed by atoms with Crippen LogP contribution in [0.1, 0.15) is 6.42 Å². The number of nitrogens with two attached hydrogens (primary N) is 1. The van der Waals surface area contributed by atoms with Crippen LogP contribution in [0.15, 0.2) is 0 Å². The van der Waals surface area contributed by atoms with E-state index in [1.807, 2.05) is 0 Å². The van der Waals surface area contributed by atoms with E-state index in [0.29, 0.717) is 5.75 Å². The molecule has 0 bridgehead atoms. The van der Waals surface area contributed by atoms with E-state index in [2.05, 4.69) is 28.6 Å². The van der Waals surface area contributed by atoms with Gasteiger partial charge in [-0.1, -0.05) is 0 Å². The number of hydrogen-bond acceptors (Lipinski definition) is 9. The molecule has 0 aliphatic rings. The first-order chi connectivity index (χ1) is 12.7. The molecule has 0 fully saturated rings. The molecule has 0 aromatic rings. The third-order valence-electron chi connectivity index (χ3n) is 3.39. The highest BCUT2D eigenvalue weighted by atomic mass is 32.2. The normalized spacial score (nSPS) is 15.1. The number of carbonyl (C=O) groups is 4. The second kappa shape index (κ2) is 13.6. The number of carboxylic acid groups (broad SMARTS) is 1. The molecule has 0 saturated carbocycles. The molecule has 0 aromatic heterocycles. The maximum atomic E-state index is 12.1. The van der Waals surface area contributed by atoms with Gasteiger partial charge in [0.1, 0.15) is 18.1 Å². The van der Waals surface area contributed by atoms with Gasteiger partial charge in [-0.15, -0.1) is 0 Å². The largest absolute Gasteiger partial charge is 0.480 e. The summed E-state index contributed by atoms with van der Waals surface area (Å²) in [6, 6.07) is -5.05. The lowest BCUT2D eigenvalue weighted by Gasteiger charge is -2.23. The summed E-state index contributed by atoms with van der Waals surface area (Å²) in [5.74, 6) is -3.33. The Morgan fingerprint density at radius 3 is 1.78 bits per heavy atom. The van der Waals surface area contributed by atoms with Gasteiger partial charge in [0, 0.05) is 5.75 Å². The van der Waals surface area contributed by atoms with Crippen LogP contribution in [0, 0.1) is 0 Å². The molecular weight excluding hydrogens is 400 g/mol. The maximum absolute atomic E-state index is 12.1. The number of thioether (sulfide) groups is 1. The van der Waals surface area contributed by atoms with Gasteiger partial charge in [-0.05, 0) is 18.4 Å². The van der Waals surface area contributed by atoms with Crippen LogP contribution < -0.4 is 21.7 Å². The second-order valence-electron chi connectivity index (χ2n) is 5.46. The minimum absolute atomic E-state index is 0.0138. The SMILES string of the molecule is CSCCC(NC(=O)C(CO)NC(=O)C(CO)NC(=O)C(N)CS)C(=O)O. The zero-order chi connectivity index (χ0) is 21.0. The maximum Gasteiger partial charge on any atom is 0.326 e. The number of aliphatic hydroxyl groups excluding tert-OH is 2. The van der Waals surface area contributed by atoms with E-state index in [-0.39, 0.29) is 12.2 Å². The average Bonchev–Trinajstić information content (AvgIpc) is 2.65. The van der Waals surface area contributed by atoms with Crippen LogP contribution >= 0.6 is 24.4 Å². The van der Waals surface area contributed by atoms with Gasteiger partial charge in [0.25, 0.3) is 0 Å². The lowest BCUT2D eigenvalue weighted by molar-refractivity contribution is -0.142. The Hall–Kier alpha value is -1.54. The summed E-state index contributed by atoms with van der Waals surface area (Å²) in [6.45, 7) is -1.59. The highest BCUT2D eigenvalue weighted by Crippen LogP contribution is 2.02. The predicted molar refractivity (Wildman–Crippen MR) is 102 cm³/mol. The Kier molecular flexibility index (Phi) is 12.8. The van der Waals surface area contributed by atoms with Gasteiger partial charge in [-0.25, -0.2) is 4.79 Å². The zero-order valence-corrected chi connectivity index (χ0v) is 16.5. The van der Waals surface area contributed by atoms with Crippen LogP contribution in [-0.4, -0.2) is 94.2 Å². The van der Waals surface area contributed by atoms with Crippen molar-refractivity contribution in [1.82, 2.24) is 16.0 Å². The number of carbonyl (C=O) groups excluding carboxylic acids is 3. The first kappa shape index (κ1) is 25.5. The Morgan fingerprint density at radius 1 is 0.963 bits per heavy atom. The van der Waals surface area contributed by atoms with Gasteiger partial charge in [0.2, 0.25) is 17.7 Å². The minimum Gasteiger partial charge on any atom is -0.480 e. The minimum atomic E-state index is -1.46. The third-order valence-corrected chi connectivity index (χ3v) is 4.43. The van der Waals surface area contributed by atoms with Crippen molar-refractivity contribution in [2.75, 3.05) is 31.0 Å². The van der Waals surface area contributed by atoms with Gasteiger partial charge in [0.15, 0.2) is 0 Å².